The minimum atomic E-state index is -0.151. The van der Waals surface area contributed by atoms with Gasteiger partial charge < -0.3 is 14.5 Å². The first-order valence-electron chi connectivity index (χ1n) is 11.3. The van der Waals surface area contributed by atoms with Gasteiger partial charge in [-0.3, -0.25) is 4.79 Å². The zero-order chi connectivity index (χ0) is 24.5. The Morgan fingerprint density at radius 1 is 1.21 bits per heavy atom. The van der Waals surface area contributed by atoms with E-state index in [0.717, 1.165) is 28.8 Å². The molecule has 174 valence electrons. The highest BCUT2D eigenvalue weighted by Crippen LogP contribution is 2.25. The number of ether oxygens (including phenoxy) is 1. The second-order valence-electron chi connectivity index (χ2n) is 7.86. The predicted octanol–water partition coefficient (Wildman–Crippen LogP) is 6.77. The largest absolute Gasteiger partial charge is 0.491 e. The van der Waals surface area contributed by atoms with E-state index in [9.17, 15) is 4.79 Å². The van der Waals surface area contributed by atoms with Gasteiger partial charge in [-0.15, -0.1) is 6.42 Å². The first-order chi connectivity index (χ1) is 16.5. The highest BCUT2D eigenvalue weighted by atomic mass is 16.5. The average molecular weight is 455 g/mol. The first kappa shape index (κ1) is 24.6. The van der Waals surface area contributed by atoms with Crippen molar-refractivity contribution in [3.05, 3.63) is 94.6 Å². The molecule has 0 radical (unpaired) electrons. The summed E-state index contributed by atoms with van der Waals surface area (Å²) in [4.78, 5) is 17.4. The van der Waals surface area contributed by atoms with Gasteiger partial charge in [0.05, 0.1) is 0 Å². The Morgan fingerprint density at radius 2 is 1.97 bits per heavy atom. The predicted molar refractivity (Wildman–Crippen MR) is 136 cm³/mol. The van der Waals surface area contributed by atoms with Crippen molar-refractivity contribution in [1.82, 2.24) is 4.98 Å². The maximum Gasteiger partial charge on any atom is 0.255 e. The van der Waals surface area contributed by atoms with Crippen LogP contribution in [0.4, 0.5) is 5.69 Å². The highest BCUT2D eigenvalue weighted by molar-refractivity contribution is 6.05. The van der Waals surface area contributed by atoms with E-state index in [1.807, 2.05) is 63.3 Å². The summed E-state index contributed by atoms with van der Waals surface area (Å²) in [7, 11) is 0. The molecule has 0 unspecified atom stereocenters. The van der Waals surface area contributed by atoms with E-state index in [0.29, 0.717) is 35.1 Å². The molecule has 0 atom stereocenters. The molecular weight excluding hydrogens is 424 g/mol. The molecular formula is C29H30N2O3. The lowest BCUT2D eigenvalue weighted by Gasteiger charge is -2.13. The monoisotopic (exact) mass is 454 g/mol. The maximum absolute atomic E-state index is 12.8. The molecule has 0 aliphatic carbocycles. The van der Waals surface area contributed by atoms with Crippen LogP contribution in [-0.2, 0) is 17.8 Å². The molecule has 0 fully saturated rings. The quantitative estimate of drug-likeness (QED) is 0.220. The molecule has 34 heavy (non-hydrogen) atoms. The molecule has 5 nitrogen and oxygen atoms in total. The van der Waals surface area contributed by atoms with Gasteiger partial charge in [-0.2, -0.15) is 0 Å². The van der Waals surface area contributed by atoms with Crippen molar-refractivity contribution in [2.75, 3.05) is 5.32 Å². The maximum atomic E-state index is 12.8. The van der Waals surface area contributed by atoms with Gasteiger partial charge in [0.25, 0.3) is 5.91 Å². The molecule has 5 heteroatoms. The van der Waals surface area contributed by atoms with Gasteiger partial charge in [0, 0.05) is 29.3 Å². The lowest BCUT2D eigenvalue weighted by Crippen LogP contribution is -2.14. The Morgan fingerprint density at radius 3 is 2.65 bits per heavy atom. The van der Waals surface area contributed by atoms with Gasteiger partial charge in [0.15, 0.2) is 0 Å². The summed E-state index contributed by atoms with van der Waals surface area (Å²) in [5.41, 5.74) is 5.08. The molecule has 3 rings (SSSR count). The summed E-state index contributed by atoms with van der Waals surface area (Å²) in [5.74, 6) is 4.20. The van der Waals surface area contributed by atoms with Gasteiger partial charge in [-0.1, -0.05) is 43.2 Å². The lowest BCUT2D eigenvalue weighted by molar-refractivity contribution is 0.102. The summed E-state index contributed by atoms with van der Waals surface area (Å²) in [6.07, 6.45) is 12.4. The van der Waals surface area contributed by atoms with Crippen LogP contribution in [-0.4, -0.2) is 10.9 Å². The Balaban J connectivity index is 1.71. The van der Waals surface area contributed by atoms with Crippen molar-refractivity contribution in [1.29, 1.82) is 0 Å². The summed E-state index contributed by atoms with van der Waals surface area (Å²) < 4.78 is 11.7. The fraction of sp³-hybridized carbons (Fsp3) is 0.241. The molecule has 0 saturated carbocycles. The number of aromatic nitrogens is 1. The van der Waals surface area contributed by atoms with Gasteiger partial charge in [0.2, 0.25) is 5.89 Å². The van der Waals surface area contributed by atoms with E-state index in [2.05, 4.69) is 23.1 Å². The number of nitrogens with zero attached hydrogens (tertiary/aromatic N) is 1. The van der Waals surface area contributed by atoms with Crippen molar-refractivity contribution in [2.24, 2.45) is 0 Å². The van der Waals surface area contributed by atoms with Crippen LogP contribution >= 0.6 is 0 Å². The van der Waals surface area contributed by atoms with E-state index >= 15 is 0 Å². The zero-order valence-electron chi connectivity index (χ0n) is 20.1. The normalized spacial score (nSPS) is 11.4. The molecule has 2 aromatic carbocycles. The third-order valence-electron chi connectivity index (χ3n) is 5.46. The van der Waals surface area contributed by atoms with Crippen molar-refractivity contribution in [3.8, 4) is 23.8 Å². The standard InChI is InChI=1S/C29H30N2O3/c1-6-9-14-25(11-7-2)33-19-26-21(5)34-29(30-26)24-17-15-23(16-18-24)28(32)31-27-20(4)12-10-13-22(27)8-3/h2,6,9-13,15-18H,8,14,19H2,1,3-5H3,(H,31,32)/b9-6-,25-11+. The summed E-state index contributed by atoms with van der Waals surface area (Å²) in [5, 5.41) is 3.05. The fourth-order valence-electron chi connectivity index (χ4n) is 3.48. The minimum Gasteiger partial charge on any atom is -0.491 e. The number of benzene rings is 2. The molecule has 0 spiro atoms. The number of para-hydroxylation sites is 1. The number of nitrogens with one attached hydrogen (secondary N) is 1. The molecule has 1 heterocycles. The molecule has 0 saturated heterocycles. The summed E-state index contributed by atoms with van der Waals surface area (Å²) in [6, 6.07) is 13.2. The van der Waals surface area contributed by atoms with Gasteiger partial charge in [-0.05, 0) is 62.6 Å². The SMILES string of the molecule is C#C/C=C(\C/C=C\C)OCc1nc(-c2ccc(C(=O)Nc3c(C)cccc3CC)cc2)oc1C. The second-order valence-corrected chi connectivity index (χ2v) is 7.86. The van der Waals surface area contributed by atoms with Gasteiger partial charge >= 0.3 is 0 Å². The number of oxazole rings is 1. The molecule has 0 bridgehead atoms. The number of rotatable bonds is 9. The van der Waals surface area contributed by atoms with Crippen molar-refractivity contribution >= 4 is 11.6 Å². The van der Waals surface area contributed by atoms with Crippen LogP contribution in [0.1, 0.15) is 53.2 Å². The van der Waals surface area contributed by atoms with Crippen molar-refractivity contribution in [2.45, 2.75) is 47.1 Å². The third kappa shape index (κ3) is 6.05. The van der Waals surface area contributed by atoms with E-state index in [1.165, 1.54) is 0 Å². The number of hydrogen-bond donors (Lipinski definition) is 1. The number of carbonyl (C=O) groups is 1. The van der Waals surface area contributed by atoms with Crippen LogP contribution in [0.3, 0.4) is 0 Å². The van der Waals surface area contributed by atoms with Crippen LogP contribution < -0.4 is 5.32 Å². The summed E-state index contributed by atoms with van der Waals surface area (Å²) >= 11 is 0. The Bertz CT molecular complexity index is 1240. The van der Waals surface area contributed by atoms with E-state index in [4.69, 9.17) is 15.6 Å². The number of allylic oxidation sites excluding steroid dienone is 3. The molecule has 0 aliphatic heterocycles. The first-order valence-corrected chi connectivity index (χ1v) is 11.3. The van der Waals surface area contributed by atoms with Gasteiger partial charge in [0.1, 0.15) is 23.8 Å². The fourth-order valence-corrected chi connectivity index (χ4v) is 3.48. The van der Waals surface area contributed by atoms with Crippen LogP contribution in [0.25, 0.3) is 11.5 Å². The van der Waals surface area contributed by atoms with Crippen LogP contribution in [0.15, 0.2) is 70.9 Å². The third-order valence-corrected chi connectivity index (χ3v) is 5.46. The highest BCUT2D eigenvalue weighted by Gasteiger charge is 2.15. The van der Waals surface area contributed by atoms with Crippen molar-refractivity contribution in [3.63, 3.8) is 0 Å². The number of terminal acetylenes is 1. The van der Waals surface area contributed by atoms with Crippen molar-refractivity contribution < 1.29 is 13.9 Å². The Labute approximate surface area is 201 Å². The summed E-state index contributed by atoms with van der Waals surface area (Å²) in [6.45, 7) is 8.13. The van der Waals surface area contributed by atoms with E-state index in [-0.39, 0.29) is 12.5 Å². The van der Waals surface area contributed by atoms with Crippen LogP contribution in [0.5, 0.6) is 0 Å². The molecule has 1 N–H and O–H groups in total. The second kappa shape index (κ2) is 11.7. The van der Waals surface area contributed by atoms with Gasteiger partial charge in [-0.25, -0.2) is 4.98 Å². The molecule has 1 aromatic heterocycles. The van der Waals surface area contributed by atoms with Crippen LogP contribution in [0, 0.1) is 26.2 Å². The Kier molecular flexibility index (Phi) is 8.48. The topological polar surface area (TPSA) is 64.4 Å². The van der Waals surface area contributed by atoms with E-state index in [1.54, 1.807) is 18.2 Å². The van der Waals surface area contributed by atoms with E-state index < -0.39 is 0 Å². The lowest BCUT2D eigenvalue weighted by atomic mass is 10.0. The average Bonchev–Trinajstić information content (AvgIpc) is 3.22. The Hall–Kier alpha value is -4.04. The smallest absolute Gasteiger partial charge is 0.255 e. The number of amides is 1. The number of aryl methyl sites for hydroxylation is 3. The number of hydrogen-bond acceptors (Lipinski definition) is 4. The molecule has 0 aliphatic rings. The minimum absolute atomic E-state index is 0.151. The molecule has 1 amide bonds. The zero-order valence-corrected chi connectivity index (χ0v) is 20.1. The number of carbonyl (C=O) groups excluding carboxylic acids is 1. The van der Waals surface area contributed by atoms with Crippen LogP contribution in [0.2, 0.25) is 0 Å². The molecule has 3 aromatic rings. The number of anilines is 1.